The molecule has 1 aliphatic heterocycles. The minimum atomic E-state index is -0.836. The number of aromatic nitrogens is 4. The van der Waals surface area contributed by atoms with Crippen LogP contribution in [-0.4, -0.2) is 31.0 Å². The van der Waals surface area contributed by atoms with E-state index in [2.05, 4.69) is 39.0 Å². The number of hydrogen-bond acceptors (Lipinski definition) is 5. The first kappa shape index (κ1) is 30.8. The number of hydrogen-bond donors (Lipinski definition) is 3. The van der Waals surface area contributed by atoms with Gasteiger partial charge in [0.15, 0.2) is 11.6 Å². The lowest BCUT2D eigenvalue weighted by atomic mass is 9.75. The Labute approximate surface area is 274 Å². The van der Waals surface area contributed by atoms with Crippen molar-refractivity contribution in [1.82, 2.24) is 19.9 Å². The zero-order chi connectivity index (χ0) is 32.5. The van der Waals surface area contributed by atoms with E-state index >= 15 is 8.78 Å². The third-order valence-corrected chi connectivity index (χ3v) is 10.2. The van der Waals surface area contributed by atoms with Crippen LogP contribution in [0, 0.1) is 11.6 Å². The van der Waals surface area contributed by atoms with E-state index in [0.717, 1.165) is 59.3 Å². The van der Waals surface area contributed by atoms with Crippen molar-refractivity contribution >= 4 is 28.2 Å². The molecule has 240 valence electrons. The van der Waals surface area contributed by atoms with Crippen LogP contribution in [0.15, 0.2) is 73.2 Å². The summed E-state index contributed by atoms with van der Waals surface area (Å²) in [7, 11) is 0. The van der Waals surface area contributed by atoms with E-state index in [1.165, 1.54) is 23.1 Å². The fraction of sp³-hybridized carbons (Fsp3) is 0.270. The Morgan fingerprint density at radius 3 is 2.81 bits per heavy atom. The molecule has 1 aliphatic rings. The minimum Gasteiger partial charge on any atom is -0.481 e. The Morgan fingerprint density at radius 1 is 1.04 bits per heavy atom. The number of nitrogens with one attached hydrogen (secondary N) is 2. The third-order valence-electron chi connectivity index (χ3n) is 9.17. The predicted octanol–water partition coefficient (Wildman–Crippen LogP) is 9.12. The number of aliphatic carboxylic acids is 1. The fourth-order valence-electron chi connectivity index (χ4n) is 6.52. The molecule has 6 aromatic rings. The first-order chi connectivity index (χ1) is 22.8. The predicted molar refractivity (Wildman–Crippen MR) is 178 cm³/mol. The van der Waals surface area contributed by atoms with Crippen LogP contribution in [0.1, 0.15) is 71.3 Å². The monoisotopic (exact) mass is 652 g/mol. The second-order valence-electron chi connectivity index (χ2n) is 12.4. The number of thiazole rings is 1. The summed E-state index contributed by atoms with van der Waals surface area (Å²) >= 11 is 1.63. The molecule has 0 saturated heterocycles. The highest BCUT2D eigenvalue weighted by atomic mass is 32.1. The number of rotatable bonds is 4. The van der Waals surface area contributed by atoms with E-state index in [4.69, 9.17) is 4.74 Å². The number of imidazole rings is 1. The van der Waals surface area contributed by atoms with Crippen molar-refractivity contribution in [2.75, 3.05) is 0 Å². The highest BCUT2D eigenvalue weighted by Crippen LogP contribution is 2.40. The maximum Gasteiger partial charge on any atom is 0.303 e. The van der Waals surface area contributed by atoms with Crippen LogP contribution in [0.4, 0.5) is 8.78 Å². The molecule has 0 amide bonds. The number of aromatic amines is 2. The molecule has 7 rings (SSSR count). The van der Waals surface area contributed by atoms with E-state index in [1.54, 1.807) is 29.8 Å². The first-order valence-corrected chi connectivity index (χ1v) is 16.6. The average Bonchev–Trinajstić information content (AvgIpc) is 3.84. The van der Waals surface area contributed by atoms with Crippen molar-refractivity contribution in [2.24, 2.45) is 0 Å². The van der Waals surface area contributed by atoms with Gasteiger partial charge in [0, 0.05) is 70.0 Å². The van der Waals surface area contributed by atoms with Crippen LogP contribution >= 0.6 is 11.3 Å². The maximum atomic E-state index is 15.7. The van der Waals surface area contributed by atoms with E-state index in [9.17, 15) is 9.90 Å². The lowest BCUT2D eigenvalue weighted by molar-refractivity contribution is -0.136. The Bertz CT molecular complexity index is 2080. The highest BCUT2D eigenvalue weighted by molar-refractivity contribution is 7.11. The average molecular weight is 653 g/mol. The molecular weight excluding hydrogens is 618 g/mol. The number of fused-ring (bicyclic) bond motifs is 10. The number of benzene rings is 3. The summed E-state index contributed by atoms with van der Waals surface area (Å²) in [5.74, 6) is -1.15. The molecule has 0 saturated carbocycles. The van der Waals surface area contributed by atoms with Gasteiger partial charge in [0.25, 0.3) is 0 Å². The summed E-state index contributed by atoms with van der Waals surface area (Å²) in [5.41, 5.74) is 3.85. The molecule has 0 spiro atoms. The molecule has 0 radical (unpaired) electrons. The SMILES string of the molecule is CC1(c2cccc(CCC(=O)O)c2)CCCCCc2cnc(s2)Cc2c(c(F)cc3[nH]ccc23)Oc2ccc(F)c(c2)-c2ncc1[nH]2. The summed E-state index contributed by atoms with van der Waals surface area (Å²) in [6.45, 7) is 2.15. The van der Waals surface area contributed by atoms with Crippen LogP contribution < -0.4 is 4.74 Å². The zero-order valence-corrected chi connectivity index (χ0v) is 26.7. The fourth-order valence-corrected chi connectivity index (χ4v) is 7.50. The maximum absolute atomic E-state index is 15.7. The van der Waals surface area contributed by atoms with Gasteiger partial charge in [-0.05, 0) is 68.0 Å². The van der Waals surface area contributed by atoms with Crippen LogP contribution in [0.3, 0.4) is 0 Å². The molecule has 0 aliphatic carbocycles. The Hall–Kier alpha value is -4.83. The van der Waals surface area contributed by atoms with Crippen LogP contribution in [-0.2, 0) is 29.5 Å². The Balaban J connectivity index is 1.31. The van der Waals surface area contributed by atoms with Gasteiger partial charge in [0.2, 0.25) is 0 Å². The summed E-state index contributed by atoms with van der Waals surface area (Å²) in [5, 5.41) is 11.0. The Kier molecular flexibility index (Phi) is 8.36. The zero-order valence-electron chi connectivity index (χ0n) is 25.9. The Morgan fingerprint density at radius 2 is 1.94 bits per heavy atom. The number of carboxylic acid groups (broad SMARTS) is 1. The van der Waals surface area contributed by atoms with Gasteiger partial charge in [-0.2, -0.15) is 0 Å². The molecule has 0 fully saturated rings. The second kappa shape index (κ2) is 12.8. The van der Waals surface area contributed by atoms with Gasteiger partial charge in [0.1, 0.15) is 17.4 Å². The minimum absolute atomic E-state index is 0.0514. The standard InChI is InChI=1S/C37H34F2N4O3S/c1-37(23-7-5-6-22(16-23)9-12-34(44)45)14-4-2-3-8-25-20-41-33(47-25)18-27-26-13-15-40-31(26)19-30(39)35(27)46-24-10-11-29(38)28(17-24)36-42-21-32(37)43-36/h5-7,10-11,13,15-17,19-21,40H,2-4,8-9,12,14,18H2,1H3,(H,42,43)(H,44,45). The van der Waals surface area contributed by atoms with Crippen molar-refractivity contribution in [3.63, 3.8) is 0 Å². The van der Waals surface area contributed by atoms with E-state index in [0.29, 0.717) is 29.7 Å². The van der Waals surface area contributed by atoms with Gasteiger partial charge in [-0.25, -0.2) is 18.7 Å². The molecule has 3 aromatic carbocycles. The van der Waals surface area contributed by atoms with Gasteiger partial charge < -0.3 is 19.8 Å². The van der Waals surface area contributed by atoms with Crippen molar-refractivity contribution in [3.05, 3.63) is 117 Å². The first-order valence-electron chi connectivity index (χ1n) is 15.8. The van der Waals surface area contributed by atoms with Gasteiger partial charge in [-0.3, -0.25) is 4.79 Å². The molecular formula is C37H34F2N4O3S. The molecule has 7 nitrogen and oxygen atoms in total. The number of H-pyrrole nitrogens is 2. The summed E-state index contributed by atoms with van der Waals surface area (Å²) in [6.07, 6.45) is 10.9. The van der Waals surface area contributed by atoms with E-state index in [1.807, 2.05) is 24.4 Å². The molecule has 4 heterocycles. The normalized spacial score (nSPS) is 16.9. The van der Waals surface area contributed by atoms with E-state index in [-0.39, 0.29) is 23.5 Å². The number of carboxylic acids is 1. The summed E-state index contributed by atoms with van der Waals surface area (Å²) < 4.78 is 37.3. The molecule has 10 heteroatoms. The highest BCUT2D eigenvalue weighted by Gasteiger charge is 2.31. The second-order valence-corrected chi connectivity index (χ2v) is 13.6. The van der Waals surface area contributed by atoms with E-state index < -0.39 is 23.0 Å². The largest absolute Gasteiger partial charge is 0.481 e. The van der Waals surface area contributed by atoms with Crippen molar-refractivity contribution in [2.45, 2.75) is 63.7 Å². The van der Waals surface area contributed by atoms with Crippen molar-refractivity contribution in [3.8, 4) is 22.9 Å². The molecule has 3 aromatic heterocycles. The van der Waals surface area contributed by atoms with Crippen molar-refractivity contribution < 1.29 is 23.4 Å². The number of halogens is 2. The topological polar surface area (TPSA) is 104 Å². The number of carbonyl (C=O) groups is 1. The summed E-state index contributed by atoms with van der Waals surface area (Å²) in [4.78, 5) is 28.2. The van der Waals surface area contributed by atoms with Gasteiger partial charge >= 0.3 is 5.97 Å². The third kappa shape index (κ3) is 6.30. The van der Waals surface area contributed by atoms with Gasteiger partial charge in [-0.1, -0.05) is 37.1 Å². The van der Waals surface area contributed by atoms with Gasteiger partial charge in [0.05, 0.1) is 10.6 Å². The quantitative estimate of drug-likeness (QED) is 0.176. The smallest absolute Gasteiger partial charge is 0.303 e. The number of nitrogens with zero attached hydrogens (tertiary/aromatic N) is 2. The molecule has 1 unspecified atom stereocenters. The van der Waals surface area contributed by atoms with Crippen LogP contribution in [0.25, 0.3) is 22.3 Å². The number of ether oxygens (including phenoxy) is 1. The molecule has 6 bridgehead atoms. The van der Waals surface area contributed by atoms with Crippen LogP contribution in [0.5, 0.6) is 11.5 Å². The van der Waals surface area contributed by atoms with Crippen LogP contribution in [0.2, 0.25) is 0 Å². The molecule has 1 atom stereocenters. The lowest BCUT2D eigenvalue weighted by Crippen LogP contribution is -2.24. The summed E-state index contributed by atoms with van der Waals surface area (Å²) in [6, 6.07) is 15.7. The lowest BCUT2D eigenvalue weighted by Gasteiger charge is -2.30. The van der Waals surface area contributed by atoms with Crippen molar-refractivity contribution in [1.29, 1.82) is 0 Å². The number of aryl methyl sites for hydroxylation is 2. The van der Waals surface area contributed by atoms with Gasteiger partial charge in [-0.15, -0.1) is 11.3 Å². The molecule has 3 N–H and O–H groups in total. The molecule has 47 heavy (non-hydrogen) atoms.